The fourth-order valence-corrected chi connectivity index (χ4v) is 2.73. The van der Waals surface area contributed by atoms with Crippen LogP contribution in [0.5, 0.6) is 0 Å². The van der Waals surface area contributed by atoms with Gasteiger partial charge in [-0.25, -0.2) is 9.18 Å². The number of rotatable bonds is 4. The topological polar surface area (TPSA) is 71.8 Å². The first kappa shape index (κ1) is 15.5. The van der Waals surface area contributed by atoms with Gasteiger partial charge in [-0.05, 0) is 30.5 Å². The lowest BCUT2D eigenvalue weighted by Crippen LogP contribution is -2.35. The molecule has 122 valence electrons. The van der Waals surface area contributed by atoms with Gasteiger partial charge in [0.1, 0.15) is 11.6 Å². The number of hydrogen-bond donors (Lipinski definition) is 2. The first-order valence-electron chi connectivity index (χ1n) is 7.89. The lowest BCUT2D eigenvalue weighted by molar-refractivity contribution is 0.239. The number of fused-ring (bicyclic) bond motifs is 1. The van der Waals surface area contributed by atoms with Crippen molar-refractivity contribution >= 4 is 6.03 Å². The van der Waals surface area contributed by atoms with E-state index < -0.39 is 0 Å². The number of halogens is 1. The van der Waals surface area contributed by atoms with Crippen molar-refractivity contribution in [3.63, 3.8) is 0 Å². The zero-order valence-corrected chi connectivity index (χ0v) is 12.9. The van der Waals surface area contributed by atoms with Gasteiger partial charge in [0, 0.05) is 19.5 Å². The standard InChI is InChI=1S/C16H20FN5O/c17-13-6-4-5-12(9-13)10-18-16(23)19-11-15-21-20-14-7-2-1-3-8-22(14)15/h4-6,9H,1-3,7-8,10-11H2,(H2,18,19,23). The van der Waals surface area contributed by atoms with Crippen molar-refractivity contribution in [1.29, 1.82) is 0 Å². The van der Waals surface area contributed by atoms with Crippen LogP contribution in [0.15, 0.2) is 24.3 Å². The SMILES string of the molecule is O=C(NCc1cccc(F)c1)NCc1nnc2n1CCCCC2. The highest BCUT2D eigenvalue weighted by Crippen LogP contribution is 2.14. The van der Waals surface area contributed by atoms with Crippen molar-refractivity contribution in [1.82, 2.24) is 25.4 Å². The molecule has 0 saturated heterocycles. The second-order valence-corrected chi connectivity index (χ2v) is 5.66. The summed E-state index contributed by atoms with van der Waals surface area (Å²) in [6.07, 6.45) is 4.40. The van der Waals surface area contributed by atoms with Crippen molar-refractivity contribution in [2.75, 3.05) is 0 Å². The number of carbonyl (C=O) groups excluding carboxylic acids is 1. The minimum absolute atomic E-state index is 0.279. The number of hydrogen-bond acceptors (Lipinski definition) is 3. The van der Waals surface area contributed by atoms with Gasteiger partial charge < -0.3 is 15.2 Å². The quantitative estimate of drug-likeness (QED) is 0.907. The fraction of sp³-hybridized carbons (Fsp3) is 0.438. The molecular formula is C16H20FN5O. The molecule has 3 rings (SSSR count). The van der Waals surface area contributed by atoms with Crippen molar-refractivity contribution in [2.24, 2.45) is 0 Å². The smallest absolute Gasteiger partial charge is 0.315 e. The van der Waals surface area contributed by atoms with E-state index in [9.17, 15) is 9.18 Å². The van der Waals surface area contributed by atoms with Crippen LogP contribution in [0.3, 0.4) is 0 Å². The van der Waals surface area contributed by atoms with Crippen molar-refractivity contribution < 1.29 is 9.18 Å². The van der Waals surface area contributed by atoms with E-state index in [4.69, 9.17) is 0 Å². The van der Waals surface area contributed by atoms with E-state index in [1.54, 1.807) is 12.1 Å². The maximum atomic E-state index is 13.1. The highest BCUT2D eigenvalue weighted by Gasteiger charge is 2.14. The number of carbonyl (C=O) groups is 1. The average molecular weight is 317 g/mol. The maximum absolute atomic E-state index is 13.1. The minimum atomic E-state index is -0.309. The molecule has 0 atom stereocenters. The number of nitrogens with zero attached hydrogens (tertiary/aromatic N) is 3. The molecule has 7 heteroatoms. The normalized spacial score (nSPS) is 14.0. The van der Waals surface area contributed by atoms with E-state index in [0.717, 1.165) is 43.0 Å². The Hall–Kier alpha value is -2.44. The van der Waals surface area contributed by atoms with Crippen LogP contribution in [0, 0.1) is 5.82 Å². The molecule has 6 nitrogen and oxygen atoms in total. The Bertz CT molecular complexity index is 685. The Morgan fingerprint density at radius 1 is 1.17 bits per heavy atom. The Balaban J connectivity index is 1.50. The van der Waals surface area contributed by atoms with Gasteiger partial charge >= 0.3 is 6.03 Å². The van der Waals surface area contributed by atoms with Crippen LogP contribution in [-0.2, 0) is 26.1 Å². The maximum Gasteiger partial charge on any atom is 0.315 e. The number of amides is 2. The molecule has 0 unspecified atom stereocenters. The molecule has 2 N–H and O–H groups in total. The first-order chi connectivity index (χ1) is 11.2. The molecule has 0 spiro atoms. The summed E-state index contributed by atoms with van der Waals surface area (Å²) in [5.41, 5.74) is 0.719. The van der Waals surface area contributed by atoms with Gasteiger partial charge in [0.25, 0.3) is 0 Å². The third-order valence-electron chi connectivity index (χ3n) is 3.94. The molecule has 0 saturated carbocycles. The summed E-state index contributed by atoms with van der Waals surface area (Å²) in [6, 6.07) is 5.86. The zero-order valence-electron chi connectivity index (χ0n) is 12.9. The highest BCUT2D eigenvalue weighted by atomic mass is 19.1. The summed E-state index contributed by atoms with van der Waals surface area (Å²) >= 11 is 0. The lowest BCUT2D eigenvalue weighted by Gasteiger charge is -2.09. The zero-order chi connectivity index (χ0) is 16.1. The van der Waals surface area contributed by atoms with E-state index in [0.29, 0.717) is 6.54 Å². The number of aryl methyl sites for hydroxylation is 1. The Morgan fingerprint density at radius 2 is 2.04 bits per heavy atom. The molecule has 23 heavy (non-hydrogen) atoms. The number of benzene rings is 1. The van der Waals surface area contributed by atoms with Crippen molar-refractivity contribution in [3.05, 3.63) is 47.3 Å². The van der Waals surface area contributed by atoms with Gasteiger partial charge in [-0.2, -0.15) is 0 Å². The molecule has 0 bridgehead atoms. The summed E-state index contributed by atoms with van der Waals surface area (Å²) in [5, 5.41) is 13.8. The predicted molar refractivity (Wildman–Crippen MR) is 83.1 cm³/mol. The predicted octanol–water partition coefficient (Wildman–Crippen LogP) is 2.14. The summed E-state index contributed by atoms with van der Waals surface area (Å²) in [6.45, 7) is 1.52. The monoisotopic (exact) mass is 317 g/mol. The second-order valence-electron chi connectivity index (χ2n) is 5.66. The van der Waals surface area contributed by atoms with Gasteiger partial charge in [0.15, 0.2) is 5.82 Å². The summed E-state index contributed by atoms with van der Waals surface area (Å²) in [5.74, 6) is 1.47. The molecule has 1 aliphatic rings. The molecule has 1 aromatic heterocycles. The largest absolute Gasteiger partial charge is 0.334 e. The molecule has 2 heterocycles. The van der Waals surface area contributed by atoms with Crippen LogP contribution in [0.1, 0.15) is 36.5 Å². The van der Waals surface area contributed by atoms with Crippen molar-refractivity contribution in [3.8, 4) is 0 Å². The third-order valence-corrected chi connectivity index (χ3v) is 3.94. The molecule has 0 aliphatic carbocycles. The number of aromatic nitrogens is 3. The van der Waals surface area contributed by atoms with Crippen LogP contribution < -0.4 is 10.6 Å². The average Bonchev–Trinajstić information content (AvgIpc) is 2.77. The van der Waals surface area contributed by atoms with Crippen LogP contribution in [-0.4, -0.2) is 20.8 Å². The Labute approximate surface area is 134 Å². The molecule has 1 aliphatic heterocycles. The number of nitrogens with one attached hydrogen (secondary N) is 2. The summed E-state index contributed by atoms with van der Waals surface area (Å²) in [7, 11) is 0. The molecule has 1 aromatic carbocycles. The summed E-state index contributed by atoms with van der Waals surface area (Å²) < 4.78 is 15.2. The summed E-state index contributed by atoms with van der Waals surface area (Å²) in [4.78, 5) is 11.9. The molecular weight excluding hydrogens is 297 g/mol. The molecule has 0 fully saturated rings. The van der Waals surface area contributed by atoms with Crippen LogP contribution >= 0.6 is 0 Å². The fourth-order valence-electron chi connectivity index (χ4n) is 2.73. The third kappa shape index (κ3) is 4.06. The van der Waals surface area contributed by atoms with Gasteiger partial charge in [0.2, 0.25) is 0 Å². The molecule has 2 aromatic rings. The van der Waals surface area contributed by atoms with E-state index >= 15 is 0 Å². The Kier molecular flexibility index (Phi) is 4.85. The van der Waals surface area contributed by atoms with E-state index in [-0.39, 0.29) is 18.4 Å². The van der Waals surface area contributed by atoms with Crippen LogP contribution in [0.4, 0.5) is 9.18 Å². The minimum Gasteiger partial charge on any atom is -0.334 e. The van der Waals surface area contributed by atoms with E-state index in [1.165, 1.54) is 18.6 Å². The molecule has 2 amide bonds. The van der Waals surface area contributed by atoms with Crippen LogP contribution in [0.2, 0.25) is 0 Å². The van der Waals surface area contributed by atoms with E-state index in [2.05, 4.69) is 25.4 Å². The van der Waals surface area contributed by atoms with Gasteiger partial charge in [-0.1, -0.05) is 18.6 Å². The second kappa shape index (κ2) is 7.21. The van der Waals surface area contributed by atoms with Crippen LogP contribution in [0.25, 0.3) is 0 Å². The lowest BCUT2D eigenvalue weighted by atomic mass is 10.2. The highest BCUT2D eigenvalue weighted by molar-refractivity contribution is 5.73. The first-order valence-corrected chi connectivity index (χ1v) is 7.89. The van der Waals surface area contributed by atoms with Gasteiger partial charge in [0.05, 0.1) is 6.54 Å². The molecule has 0 radical (unpaired) electrons. The number of urea groups is 1. The van der Waals surface area contributed by atoms with E-state index in [1.807, 2.05) is 0 Å². The Morgan fingerprint density at radius 3 is 2.91 bits per heavy atom. The van der Waals surface area contributed by atoms with Gasteiger partial charge in [-0.15, -0.1) is 10.2 Å². The van der Waals surface area contributed by atoms with Crippen molar-refractivity contribution in [2.45, 2.75) is 45.3 Å². The van der Waals surface area contributed by atoms with Gasteiger partial charge in [-0.3, -0.25) is 0 Å².